The molecule has 288 valence electrons. The van der Waals surface area contributed by atoms with E-state index in [0.29, 0.717) is 0 Å². The lowest BCUT2D eigenvalue weighted by Gasteiger charge is -2.48. The fourth-order valence-electron chi connectivity index (χ4n) is 11.6. The van der Waals surface area contributed by atoms with E-state index >= 15 is 0 Å². The summed E-state index contributed by atoms with van der Waals surface area (Å²) in [6, 6.07) is 87.7. The fraction of sp³-hybridized carbons (Fsp3) is 0.0328. The van der Waals surface area contributed by atoms with E-state index in [1.54, 1.807) is 0 Å². The van der Waals surface area contributed by atoms with Crippen LogP contribution < -0.4 is 0 Å². The molecule has 0 atom stereocenters. The minimum atomic E-state index is -0.573. The van der Waals surface area contributed by atoms with Crippen LogP contribution in [0, 0.1) is 0 Å². The van der Waals surface area contributed by atoms with Crippen molar-refractivity contribution >= 4 is 0 Å². The fourth-order valence-corrected chi connectivity index (χ4v) is 11.6. The van der Waals surface area contributed by atoms with Crippen molar-refractivity contribution in [3.63, 3.8) is 0 Å². The van der Waals surface area contributed by atoms with E-state index in [1.807, 2.05) is 0 Å². The summed E-state index contributed by atoms with van der Waals surface area (Å²) in [5.41, 5.74) is 23.6. The Morgan fingerprint density at radius 2 is 0.597 bits per heavy atom. The van der Waals surface area contributed by atoms with Crippen LogP contribution in [-0.4, -0.2) is 4.98 Å². The van der Waals surface area contributed by atoms with Crippen molar-refractivity contribution < 1.29 is 0 Å². The van der Waals surface area contributed by atoms with Crippen molar-refractivity contribution in [3.05, 3.63) is 281 Å². The van der Waals surface area contributed by atoms with E-state index in [1.165, 1.54) is 77.9 Å². The van der Waals surface area contributed by atoms with Crippen molar-refractivity contribution in [1.82, 2.24) is 4.98 Å². The van der Waals surface area contributed by atoms with Crippen LogP contribution in [0.25, 0.3) is 67.0 Å². The zero-order chi connectivity index (χ0) is 40.8. The van der Waals surface area contributed by atoms with Crippen molar-refractivity contribution in [2.45, 2.75) is 10.8 Å². The van der Waals surface area contributed by atoms with Crippen molar-refractivity contribution in [3.8, 4) is 67.0 Å². The highest BCUT2D eigenvalue weighted by atomic mass is 14.7. The molecule has 0 saturated heterocycles. The van der Waals surface area contributed by atoms with Gasteiger partial charge in [-0.2, -0.15) is 0 Å². The van der Waals surface area contributed by atoms with Gasteiger partial charge >= 0.3 is 0 Å². The molecule has 0 saturated carbocycles. The normalized spacial score (nSPS) is 14.1. The van der Waals surface area contributed by atoms with Gasteiger partial charge in [0, 0.05) is 11.1 Å². The maximum Gasteiger partial charge on any atom is 0.0722 e. The summed E-state index contributed by atoms with van der Waals surface area (Å²) in [5, 5.41) is 0. The van der Waals surface area contributed by atoms with Crippen molar-refractivity contribution in [2.24, 2.45) is 0 Å². The molecule has 0 bridgehead atoms. The van der Waals surface area contributed by atoms with Crippen LogP contribution in [0.15, 0.2) is 237 Å². The summed E-state index contributed by atoms with van der Waals surface area (Å²) in [5.74, 6) is 0. The molecule has 1 aromatic heterocycles. The van der Waals surface area contributed by atoms with Gasteiger partial charge in [0.1, 0.15) is 0 Å². The number of hydrogen-bond donors (Lipinski definition) is 0. The Bertz CT molecular complexity index is 3320. The van der Waals surface area contributed by atoms with Gasteiger partial charge in [0.05, 0.1) is 22.2 Å². The third kappa shape index (κ3) is 4.65. The first-order valence-corrected chi connectivity index (χ1v) is 21.6. The van der Waals surface area contributed by atoms with E-state index in [9.17, 15) is 0 Å². The predicted molar refractivity (Wildman–Crippen MR) is 254 cm³/mol. The van der Waals surface area contributed by atoms with E-state index in [2.05, 4.69) is 237 Å². The third-order valence-corrected chi connectivity index (χ3v) is 14.0. The van der Waals surface area contributed by atoms with E-state index in [4.69, 9.17) is 4.98 Å². The Kier molecular flexibility index (Phi) is 7.50. The van der Waals surface area contributed by atoms with Gasteiger partial charge in [-0.25, -0.2) is 4.98 Å². The van der Waals surface area contributed by atoms with Gasteiger partial charge in [-0.15, -0.1) is 0 Å². The summed E-state index contributed by atoms with van der Waals surface area (Å²) < 4.78 is 0. The Hall–Kier alpha value is -7.87. The molecule has 13 rings (SSSR count). The number of aromatic nitrogens is 1. The number of benzene rings is 9. The van der Waals surface area contributed by atoms with Gasteiger partial charge in [-0.05, 0) is 107 Å². The van der Waals surface area contributed by atoms with Crippen LogP contribution in [0.3, 0.4) is 0 Å². The molecular formula is C61H39N. The largest absolute Gasteiger partial charge is 0.248 e. The van der Waals surface area contributed by atoms with Gasteiger partial charge in [0.2, 0.25) is 0 Å². The lowest BCUT2D eigenvalue weighted by Crippen LogP contribution is -2.43. The summed E-state index contributed by atoms with van der Waals surface area (Å²) in [6.07, 6.45) is 0. The molecule has 3 aliphatic rings. The Morgan fingerprint density at radius 3 is 1.18 bits per heavy atom. The van der Waals surface area contributed by atoms with Gasteiger partial charge in [0.15, 0.2) is 0 Å². The molecule has 1 nitrogen and oxygen atoms in total. The Balaban J connectivity index is 1.10. The summed E-state index contributed by atoms with van der Waals surface area (Å²) in [7, 11) is 0. The monoisotopic (exact) mass is 785 g/mol. The molecule has 1 heteroatoms. The van der Waals surface area contributed by atoms with Crippen LogP contribution >= 0.6 is 0 Å². The van der Waals surface area contributed by atoms with Crippen LogP contribution in [-0.2, 0) is 10.8 Å². The first-order valence-electron chi connectivity index (χ1n) is 21.6. The molecule has 0 amide bonds. The number of fused-ring (bicyclic) bond motifs is 16. The molecule has 9 aromatic carbocycles. The molecular weight excluding hydrogens is 747 g/mol. The summed E-state index contributed by atoms with van der Waals surface area (Å²) >= 11 is 0. The van der Waals surface area contributed by atoms with Crippen molar-refractivity contribution in [2.75, 3.05) is 0 Å². The highest BCUT2D eigenvalue weighted by Gasteiger charge is 2.59. The number of rotatable bonds is 4. The SMILES string of the molecule is c1ccc(-c2cccc(-c3cc(-c4ccccc4)nc(-c4cccc5c4-c4ccccc4C54c5ccccc5C5(c6ccccc6-c6ccccc65)c5ccccc54)c3)c2)cc1. The van der Waals surface area contributed by atoms with Crippen LogP contribution in [0.4, 0.5) is 0 Å². The topological polar surface area (TPSA) is 12.9 Å². The molecule has 62 heavy (non-hydrogen) atoms. The van der Waals surface area contributed by atoms with Crippen LogP contribution in [0.2, 0.25) is 0 Å². The predicted octanol–water partition coefficient (Wildman–Crippen LogP) is 14.8. The molecule has 0 aliphatic heterocycles. The Morgan fingerprint density at radius 1 is 0.226 bits per heavy atom. The van der Waals surface area contributed by atoms with E-state index < -0.39 is 10.8 Å². The number of hydrogen-bond acceptors (Lipinski definition) is 1. The average Bonchev–Trinajstić information content (AvgIpc) is 3.82. The quantitative estimate of drug-likeness (QED) is 0.173. The lowest BCUT2D eigenvalue weighted by molar-refractivity contribution is 0.633. The van der Waals surface area contributed by atoms with Crippen LogP contribution in [0.1, 0.15) is 44.5 Å². The summed E-state index contributed by atoms with van der Waals surface area (Å²) in [6.45, 7) is 0. The van der Waals surface area contributed by atoms with E-state index in [0.717, 1.165) is 33.6 Å². The van der Waals surface area contributed by atoms with Gasteiger partial charge in [0.25, 0.3) is 0 Å². The van der Waals surface area contributed by atoms with Gasteiger partial charge in [-0.1, -0.05) is 218 Å². The smallest absolute Gasteiger partial charge is 0.0722 e. The lowest BCUT2D eigenvalue weighted by atomic mass is 9.52. The zero-order valence-electron chi connectivity index (χ0n) is 34.0. The van der Waals surface area contributed by atoms with Crippen molar-refractivity contribution in [1.29, 1.82) is 0 Å². The maximum absolute atomic E-state index is 5.56. The first-order chi connectivity index (χ1) is 30.8. The van der Waals surface area contributed by atoms with Crippen LogP contribution in [0.5, 0.6) is 0 Å². The molecule has 0 fully saturated rings. The minimum absolute atomic E-state index is 0.476. The third-order valence-electron chi connectivity index (χ3n) is 14.0. The molecule has 0 unspecified atom stereocenters. The van der Waals surface area contributed by atoms with E-state index in [-0.39, 0.29) is 0 Å². The maximum atomic E-state index is 5.56. The zero-order valence-corrected chi connectivity index (χ0v) is 34.0. The second-order valence-corrected chi connectivity index (χ2v) is 16.9. The molecule has 1 heterocycles. The molecule has 0 radical (unpaired) electrons. The average molecular weight is 786 g/mol. The second kappa shape index (κ2) is 13.3. The highest BCUT2D eigenvalue weighted by molar-refractivity contribution is 5.98. The molecule has 2 spiro atoms. The van der Waals surface area contributed by atoms with Gasteiger partial charge in [-0.3, -0.25) is 0 Å². The summed E-state index contributed by atoms with van der Waals surface area (Å²) in [4.78, 5) is 5.56. The first kappa shape index (κ1) is 34.9. The number of nitrogens with zero attached hydrogens (tertiary/aromatic N) is 1. The highest BCUT2D eigenvalue weighted by Crippen LogP contribution is 2.68. The molecule has 3 aliphatic carbocycles. The minimum Gasteiger partial charge on any atom is -0.248 e. The number of pyridine rings is 1. The van der Waals surface area contributed by atoms with Gasteiger partial charge < -0.3 is 0 Å². The molecule has 0 N–H and O–H groups in total. The second-order valence-electron chi connectivity index (χ2n) is 16.9. The standard InChI is InChI=1S/C61H39N/c1-3-19-40(20-4-1)42-23-17-24-43(37-42)44-38-57(41-21-5-2-6-22-41)62-58(39-44)48-28-18-36-56-59(48)47-27-9-12-31-51(47)61(56)54-34-15-13-32-52(54)60(53-33-14-16-35-55(53)61)49-29-10-7-25-45(49)46-26-8-11-30-50(46)60/h1-39H. The Labute approximate surface area is 362 Å². The molecule has 10 aromatic rings.